The molecule has 0 saturated carbocycles. The van der Waals surface area contributed by atoms with E-state index in [4.69, 9.17) is 10.8 Å². The van der Waals surface area contributed by atoms with Crippen molar-refractivity contribution >= 4 is 18.0 Å². The van der Waals surface area contributed by atoms with Crippen molar-refractivity contribution in [2.75, 3.05) is 0 Å². The summed E-state index contributed by atoms with van der Waals surface area (Å²) >= 11 is 0. The molecule has 1 aromatic rings. The molecule has 0 unspecified atom stereocenters. The Balaban J connectivity index is 2.52. The molecule has 0 spiro atoms. The number of carboxylic acid groups (broad SMARTS) is 1. The first-order chi connectivity index (χ1) is 8.52. The molecule has 4 N–H and O–H groups in total. The number of aliphatic carboxylic acids is 1. The van der Waals surface area contributed by atoms with Crippen LogP contribution in [0, 0.1) is 0 Å². The fourth-order valence-corrected chi connectivity index (χ4v) is 1.94. The van der Waals surface area contributed by atoms with Crippen LogP contribution >= 0.6 is 0 Å². The third-order valence-electron chi connectivity index (χ3n) is 2.80. The molecule has 2 heterocycles. The van der Waals surface area contributed by atoms with Crippen LogP contribution in [-0.2, 0) is 17.9 Å². The Kier molecular flexibility index (Phi) is 3.05. The lowest BCUT2D eigenvalue weighted by molar-refractivity contribution is -0.137. The number of allylic oxidation sites excluding steroid dienone is 1. The van der Waals surface area contributed by atoms with Crippen LogP contribution in [0.5, 0.6) is 0 Å². The van der Waals surface area contributed by atoms with Crippen molar-refractivity contribution in [3.8, 4) is 0 Å². The van der Waals surface area contributed by atoms with Crippen LogP contribution in [0.25, 0.3) is 6.08 Å². The smallest absolute Gasteiger partial charge is 0.325 e. The Morgan fingerprint density at radius 2 is 2.33 bits per heavy atom. The van der Waals surface area contributed by atoms with Gasteiger partial charge in [0.2, 0.25) is 0 Å². The van der Waals surface area contributed by atoms with E-state index in [0.29, 0.717) is 17.8 Å². The number of hydrogen-bond acceptors (Lipinski definition) is 4. The third-order valence-corrected chi connectivity index (χ3v) is 2.80. The molecule has 1 aliphatic heterocycles. The van der Waals surface area contributed by atoms with Gasteiger partial charge in [-0.05, 0) is 12.5 Å². The second-order valence-corrected chi connectivity index (χ2v) is 4.00. The van der Waals surface area contributed by atoms with Gasteiger partial charge in [0.25, 0.3) is 5.91 Å². The van der Waals surface area contributed by atoms with Crippen LogP contribution < -0.4 is 11.1 Å². The minimum Gasteiger partial charge on any atom is -0.480 e. The maximum atomic E-state index is 11.3. The van der Waals surface area contributed by atoms with E-state index in [0.717, 1.165) is 12.1 Å². The summed E-state index contributed by atoms with van der Waals surface area (Å²) in [6.07, 6.45) is 2.59. The van der Waals surface area contributed by atoms with Gasteiger partial charge in [0.05, 0.1) is 12.2 Å². The van der Waals surface area contributed by atoms with Gasteiger partial charge in [-0.2, -0.15) is 5.10 Å². The maximum absolute atomic E-state index is 11.3. The van der Waals surface area contributed by atoms with Crippen LogP contribution in [0.2, 0.25) is 0 Å². The van der Waals surface area contributed by atoms with E-state index in [1.54, 1.807) is 6.08 Å². The predicted octanol–water partition coefficient (Wildman–Crippen LogP) is -0.0793. The molecule has 0 aromatic carbocycles. The van der Waals surface area contributed by atoms with Crippen molar-refractivity contribution in [3.05, 3.63) is 22.6 Å². The largest absolute Gasteiger partial charge is 0.480 e. The number of hydrogen-bond donors (Lipinski definition) is 3. The summed E-state index contributed by atoms with van der Waals surface area (Å²) in [4.78, 5) is 22.1. The number of nitrogens with zero attached hydrogens (tertiary/aromatic N) is 2. The Morgan fingerprint density at radius 1 is 1.61 bits per heavy atom. The monoisotopic (exact) mass is 250 g/mol. The molecular formula is C11H14N4O3. The van der Waals surface area contributed by atoms with E-state index in [1.807, 2.05) is 6.92 Å². The zero-order valence-corrected chi connectivity index (χ0v) is 9.93. The molecule has 2 rings (SSSR count). The van der Waals surface area contributed by atoms with Crippen LogP contribution in [0.4, 0.5) is 0 Å². The van der Waals surface area contributed by atoms with Crippen molar-refractivity contribution in [3.63, 3.8) is 0 Å². The molecule has 7 nitrogen and oxygen atoms in total. The van der Waals surface area contributed by atoms with Gasteiger partial charge < -0.3 is 16.2 Å². The van der Waals surface area contributed by atoms with Crippen LogP contribution in [0.15, 0.2) is 5.70 Å². The van der Waals surface area contributed by atoms with Gasteiger partial charge >= 0.3 is 5.97 Å². The summed E-state index contributed by atoms with van der Waals surface area (Å²) < 4.78 is 1.30. The fourth-order valence-electron chi connectivity index (χ4n) is 1.94. The number of fused-ring (bicyclic) bond motifs is 1. The van der Waals surface area contributed by atoms with Gasteiger partial charge in [-0.3, -0.25) is 14.3 Å². The summed E-state index contributed by atoms with van der Waals surface area (Å²) in [6.45, 7) is 2.14. The van der Waals surface area contributed by atoms with Crippen LogP contribution in [0.1, 0.15) is 35.1 Å². The highest BCUT2D eigenvalue weighted by Gasteiger charge is 2.23. The van der Waals surface area contributed by atoms with Gasteiger partial charge in [-0.1, -0.05) is 6.92 Å². The van der Waals surface area contributed by atoms with Crippen LogP contribution in [0.3, 0.4) is 0 Å². The number of aromatic nitrogens is 2. The summed E-state index contributed by atoms with van der Waals surface area (Å²) in [7, 11) is 0. The molecule has 0 fully saturated rings. The number of amides is 1. The zero-order chi connectivity index (χ0) is 13.3. The second-order valence-electron chi connectivity index (χ2n) is 4.00. The molecular weight excluding hydrogens is 236 g/mol. The minimum absolute atomic E-state index is 0.124. The lowest BCUT2D eigenvalue weighted by Crippen LogP contribution is -2.22. The van der Waals surface area contributed by atoms with E-state index < -0.39 is 11.9 Å². The molecule has 1 amide bonds. The van der Waals surface area contributed by atoms with Crippen molar-refractivity contribution in [2.45, 2.75) is 26.4 Å². The molecule has 0 aliphatic carbocycles. The number of carbonyl (C=O) groups excluding carboxylic acids is 1. The standard InChI is InChI=1S/C11H14N4O3/c1-2-6-3-7-8(4-13-6)15(5-9(16)17)14-10(7)11(12)18/h3,13H,2,4-5H2,1H3,(H2,12,18)(H,16,17). The lowest BCUT2D eigenvalue weighted by atomic mass is 10.1. The second kappa shape index (κ2) is 4.52. The number of carboxylic acids is 1. The van der Waals surface area contributed by atoms with E-state index in [-0.39, 0.29) is 12.2 Å². The summed E-state index contributed by atoms with van der Waals surface area (Å²) in [5.74, 6) is -1.66. The number of primary amides is 1. The highest BCUT2D eigenvalue weighted by atomic mass is 16.4. The first-order valence-corrected chi connectivity index (χ1v) is 5.58. The van der Waals surface area contributed by atoms with Gasteiger partial charge in [-0.25, -0.2) is 0 Å². The lowest BCUT2D eigenvalue weighted by Gasteiger charge is -2.16. The third kappa shape index (κ3) is 2.06. The van der Waals surface area contributed by atoms with Gasteiger partial charge in [0.15, 0.2) is 5.69 Å². The Morgan fingerprint density at radius 3 is 2.89 bits per heavy atom. The van der Waals surface area contributed by atoms with E-state index >= 15 is 0 Å². The number of nitrogens with one attached hydrogen (secondary N) is 1. The Hall–Kier alpha value is -2.31. The number of carbonyl (C=O) groups is 2. The van der Waals surface area contributed by atoms with Crippen molar-refractivity contribution in [1.29, 1.82) is 0 Å². The zero-order valence-electron chi connectivity index (χ0n) is 9.93. The molecule has 18 heavy (non-hydrogen) atoms. The summed E-state index contributed by atoms with van der Waals surface area (Å²) in [6, 6.07) is 0. The SMILES string of the molecule is CCC1=Cc2c(C(N)=O)nn(CC(=O)O)c2CN1. The average molecular weight is 250 g/mol. The first-order valence-electron chi connectivity index (χ1n) is 5.58. The quantitative estimate of drug-likeness (QED) is 0.692. The summed E-state index contributed by atoms with van der Waals surface area (Å²) in [5, 5.41) is 15.9. The minimum atomic E-state index is -1.01. The van der Waals surface area contributed by atoms with Gasteiger partial charge in [-0.15, -0.1) is 0 Å². The Bertz CT molecular complexity index is 545. The fraction of sp³-hybridized carbons (Fsp3) is 0.364. The highest BCUT2D eigenvalue weighted by molar-refractivity contribution is 5.95. The van der Waals surface area contributed by atoms with E-state index in [9.17, 15) is 9.59 Å². The Labute approximate surface area is 103 Å². The molecule has 1 aliphatic rings. The molecule has 0 bridgehead atoms. The predicted molar refractivity (Wildman–Crippen MR) is 63.5 cm³/mol. The first kappa shape index (κ1) is 12.2. The normalized spacial score (nSPS) is 13.5. The molecule has 1 aromatic heterocycles. The molecule has 0 saturated heterocycles. The average Bonchev–Trinajstić information content (AvgIpc) is 2.66. The molecule has 0 atom stereocenters. The number of rotatable bonds is 4. The topological polar surface area (TPSA) is 110 Å². The molecule has 96 valence electrons. The molecule has 0 radical (unpaired) electrons. The maximum Gasteiger partial charge on any atom is 0.325 e. The van der Waals surface area contributed by atoms with E-state index in [1.165, 1.54) is 4.68 Å². The number of nitrogens with two attached hydrogens (primary N) is 1. The van der Waals surface area contributed by atoms with Crippen molar-refractivity contribution in [1.82, 2.24) is 15.1 Å². The van der Waals surface area contributed by atoms with Crippen molar-refractivity contribution in [2.24, 2.45) is 5.73 Å². The van der Waals surface area contributed by atoms with Gasteiger partial charge in [0, 0.05) is 11.3 Å². The van der Waals surface area contributed by atoms with E-state index in [2.05, 4.69) is 10.4 Å². The van der Waals surface area contributed by atoms with Crippen molar-refractivity contribution < 1.29 is 14.7 Å². The van der Waals surface area contributed by atoms with Crippen LogP contribution in [-0.4, -0.2) is 26.8 Å². The van der Waals surface area contributed by atoms with Gasteiger partial charge in [0.1, 0.15) is 6.54 Å². The molecule has 7 heteroatoms. The highest BCUT2D eigenvalue weighted by Crippen LogP contribution is 2.22. The summed E-state index contributed by atoms with van der Waals surface area (Å²) in [5.41, 5.74) is 7.65.